The lowest BCUT2D eigenvalue weighted by Crippen LogP contribution is -2.37. The Morgan fingerprint density at radius 1 is 1.35 bits per heavy atom. The number of hydrogen-bond acceptors (Lipinski definition) is 2. The predicted octanol–water partition coefficient (Wildman–Crippen LogP) is 3.41. The summed E-state index contributed by atoms with van der Waals surface area (Å²) in [6.45, 7) is 4.46. The molecule has 1 aromatic rings. The molecule has 17 heavy (non-hydrogen) atoms. The fourth-order valence-electron chi connectivity index (χ4n) is 3.19. The Morgan fingerprint density at radius 2 is 2.06 bits per heavy atom. The number of fused-ring (bicyclic) bond motifs is 1. The molecular weight excluding hydrogens is 212 g/mol. The van der Waals surface area contributed by atoms with Crippen LogP contribution in [-0.4, -0.2) is 18.3 Å². The molecule has 2 heteroatoms. The zero-order chi connectivity index (χ0) is 12.5. The SMILES string of the molecule is CCC1(CC)CC(OC)Cc2ccc(O)cc21. The molecule has 0 heterocycles. The molecule has 2 nitrogen and oxygen atoms in total. The highest BCUT2D eigenvalue weighted by Crippen LogP contribution is 2.44. The highest BCUT2D eigenvalue weighted by Gasteiger charge is 2.37. The van der Waals surface area contributed by atoms with E-state index in [9.17, 15) is 5.11 Å². The van der Waals surface area contributed by atoms with Crippen LogP contribution in [-0.2, 0) is 16.6 Å². The maximum atomic E-state index is 9.70. The largest absolute Gasteiger partial charge is 0.508 e. The molecule has 0 saturated heterocycles. The molecule has 0 spiro atoms. The number of ether oxygens (including phenoxy) is 1. The Bertz CT molecular complexity index is 394. The van der Waals surface area contributed by atoms with E-state index < -0.39 is 0 Å². The Balaban J connectivity index is 2.51. The molecule has 0 saturated carbocycles. The number of aromatic hydroxyl groups is 1. The summed E-state index contributed by atoms with van der Waals surface area (Å²) in [6, 6.07) is 5.79. The van der Waals surface area contributed by atoms with Crippen molar-refractivity contribution in [2.45, 2.75) is 51.0 Å². The van der Waals surface area contributed by atoms with Crippen LogP contribution in [0.25, 0.3) is 0 Å². The average molecular weight is 234 g/mol. The Hall–Kier alpha value is -1.02. The first-order valence-electron chi connectivity index (χ1n) is 6.50. The molecular formula is C15H22O2. The van der Waals surface area contributed by atoms with Crippen LogP contribution in [0.15, 0.2) is 18.2 Å². The number of methoxy groups -OCH3 is 1. The first kappa shape index (κ1) is 12.4. The molecule has 0 radical (unpaired) electrons. The predicted molar refractivity (Wildman–Crippen MR) is 69.5 cm³/mol. The second kappa shape index (κ2) is 4.69. The van der Waals surface area contributed by atoms with Crippen LogP contribution in [0.2, 0.25) is 0 Å². The maximum Gasteiger partial charge on any atom is 0.115 e. The zero-order valence-corrected chi connectivity index (χ0v) is 11.0. The van der Waals surface area contributed by atoms with E-state index in [1.165, 1.54) is 11.1 Å². The summed E-state index contributed by atoms with van der Waals surface area (Å²) in [5.74, 6) is 0.380. The van der Waals surface area contributed by atoms with Gasteiger partial charge in [-0.15, -0.1) is 0 Å². The van der Waals surface area contributed by atoms with Crippen molar-refractivity contribution in [3.8, 4) is 5.75 Å². The van der Waals surface area contributed by atoms with Crippen LogP contribution >= 0.6 is 0 Å². The quantitative estimate of drug-likeness (QED) is 0.868. The second-order valence-electron chi connectivity index (χ2n) is 5.09. The first-order chi connectivity index (χ1) is 8.15. The Kier molecular flexibility index (Phi) is 3.43. The molecule has 94 valence electrons. The van der Waals surface area contributed by atoms with Gasteiger partial charge in [0.15, 0.2) is 0 Å². The van der Waals surface area contributed by atoms with Crippen molar-refractivity contribution in [2.75, 3.05) is 7.11 Å². The molecule has 1 aliphatic rings. The lowest BCUT2D eigenvalue weighted by atomic mass is 9.66. The van der Waals surface area contributed by atoms with Crippen molar-refractivity contribution in [1.82, 2.24) is 0 Å². The summed E-state index contributed by atoms with van der Waals surface area (Å²) >= 11 is 0. The van der Waals surface area contributed by atoms with Crippen LogP contribution in [0.5, 0.6) is 5.75 Å². The first-order valence-corrected chi connectivity index (χ1v) is 6.50. The third-order valence-corrected chi connectivity index (χ3v) is 4.42. The molecule has 1 unspecified atom stereocenters. The Labute approximate surface area is 104 Å². The van der Waals surface area contributed by atoms with E-state index >= 15 is 0 Å². The normalized spacial score (nSPS) is 22.2. The third kappa shape index (κ3) is 2.06. The van der Waals surface area contributed by atoms with Crippen LogP contribution < -0.4 is 0 Å². The summed E-state index contributed by atoms with van der Waals surface area (Å²) in [4.78, 5) is 0. The standard InChI is InChI=1S/C15H22O2/c1-4-15(5-2)10-13(17-3)8-11-6-7-12(16)9-14(11)15/h6-7,9,13,16H,4-5,8,10H2,1-3H3. The molecule has 0 aromatic heterocycles. The highest BCUT2D eigenvalue weighted by atomic mass is 16.5. The van der Waals surface area contributed by atoms with E-state index in [4.69, 9.17) is 4.74 Å². The van der Waals surface area contributed by atoms with Gasteiger partial charge in [-0.3, -0.25) is 0 Å². The molecule has 0 amide bonds. The van der Waals surface area contributed by atoms with Gasteiger partial charge in [0.05, 0.1) is 6.10 Å². The summed E-state index contributed by atoms with van der Waals surface area (Å²) in [7, 11) is 1.80. The summed E-state index contributed by atoms with van der Waals surface area (Å²) in [5, 5.41) is 9.70. The smallest absolute Gasteiger partial charge is 0.115 e. The van der Waals surface area contributed by atoms with Crippen molar-refractivity contribution in [2.24, 2.45) is 0 Å². The van der Waals surface area contributed by atoms with Gasteiger partial charge in [-0.2, -0.15) is 0 Å². The maximum absolute atomic E-state index is 9.70. The van der Waals surface area contributed by atoms with Gasteiger partial charge in [-0.05, 0) is 54.4 Å². The Morgan fingerprint density at radius 3 is 2.65 bits per heavy atom. The van der Waals surface area contributed by atoms with Gasteiger partial charge in [-0.1, -0.05) is 19.9 Å². The van der Waals surface area contributed by atoms with Crippen molar-refractivity contribution in [3.63, 3.8) is 0 Å². The molecule has 0 aliphatic heterocycles. The van der Waals surface area contributed by atoms with Crippen molar-refractivity contribution >= 4 is 0 Å². The summed E-state index contributed by atoms with van der Waals surface area (Å²) in [6.07, 6.45) is 4.53. The van der Waals surface area contributed by atoms with E-state index in [0.717, 1.165) is 25.7 Å². The van der Waals surface area contributed by atoms with E-state index in [1.807, 2.05) is 6.07 Å². The minimum Gasteiger partial charge on any atom is -0.508 e. The lowest BCUT2D eigenvalue weighted by Gasteiger charge is -2.41. The van der Waals surface area contributed by atoms with Gasteiger partial charge in [0, 0.05) is 7.11 Å². The number of phenolic OH excluding ortho intramolecular Hbond substituents is 1. The van der Waals surface area contributed by atoms with Crippen molar-refractivity contribution < 1.29 is 9.84 Å². The van der Waals surface area contributed by atoms with E-state index in [2.05, 4.69) is 19.9 Å². The van der Waals surface area contributed by atoms with Gasteiger partial charge in [-0.25, -0.2) is 0 Å². The van der Waals surface area contributed by atoms with Crippen LogP contribution in [0.3, 0.4) is 0 Å². The summed E-state index contributed by atoms with van der Waals surface area (Å²) in [5.41, 5.74) is 2.84. The van der Waals surface area contributed by atoms with Crippen molar-refractivity contribution in [1.29, 1.82) is 0 Å². The lowest BCUT2D eigenvalue weighted by molar-refractivity contribution is 0.0607. The van der Waals surface area contributed by atoms with Gasteiger partial charge in [0.25, 0.3) is 0 Å². The molecule has 1 N–H and O–H groups in total. The number of benzene rings is 1. The van der Waals surface area contributed by atoms with Gasteiger partial charge in [0.1, 0.15) is 5.75 Å². The van der Waals surface area contributed by atoms with E-state index in [0.29, 0.717) is 11.9 Å². The molecule has 1 aromatic carbocycles. The van der Waals surface area contributed by atoms with Crippen LogP contribution in [0.1, 0.15) is 44.2 Å². The second-order valence-corrected chi connectivity index (χ2v) is 5.09. The fraction of sp³-hybridized carbons (Fsp3) is 0.600. The number of phenols is 1. The topological polar surface area (TPSA) is 29.5 Å². The number of hydrogen-bond donors (Lipinski definition) is 1. The molecule has 1 atom stereocenters. The van der Waals surface area contributed by atoms with Crippen LogP contribution in [0.4, 0.5) is 0 Å². The van der Waals surface area contributed by atoms with Gasteiger partial charge < -0.3 is 9.84 Å². The average Bonchev–Trinajstić information content (AvgIpc) is 2.37. The van der Waals surface area contributed by atoms with Gasteiger partial charge in [0.2, 0.25) is 0 Å². The zero-order valence-electron chi connectivity index (χ0n) is 11.0. The van der Waals surface area contributed by atoms with E-state index in [-0.39, 0.29) is 5.41 Å². The molecule has 1 aliphatic carbocycles. The molecule has 2 rings (SSSR count). The minimum atomic E-state index is 0.174. The minimum absolute atomic E-state index is 0.174. The monoisotopic (exact) mass is 234 g/mol. The third-order valence-electron chi connectivity index (χ3n) is 4.42. The van der Waals surface area contributed by atoms with Crippen molar-refractivity contribution in [3.05, 3.63) is 29.3 Å². The molecule has 0 fully saturated rings. The fourth-order valence-corrected chi connectivity index (χ4v) is 3.19. The van der Waals surface area contributed by atoms with E-state index in [1.54, 1.807) is 13.2 Å². The van der Waals surface area contributed by atoms with Crippen LogP contribution in [0, 0.1) is 0 Å². The number of rotatable bonds is 3. The molecule has 0 bridgehead atoms. The highest BCUT2D eigenvalue weighted by molar-refractivity contribution is 5.42. The van der Waals surface area contributed by atoms with Gasteiger partial charge >= 0.3 is 0 Å². The summed E-state index contributed by atoms with van der Waals surface area (Å²) < 4.78 is 5.57.